The van der Waals surface area contributed by atoms with Gasteiger partial charge in [0.2, 0.25) is 0 Å². The Morgan fingerprint density at radius 3 is 2.73 bits per heavy atom. The number of rotatable bonds is 5. The molecule has 0 aromatic carbocycles. The highest BCUT2D eigenvalue weighted by Gasteiger charge is 2.07. The summed E-state index contributed by atoms with van der Waals surface area (Å²) >= 11 is 5.33. The van der Waals surface area contributed by atoms with E-state index in [4.69, 9.17) is 0 Å². The van der Waals surface area contributed by atoms with E-state index in [2.05, 4.69) is 38.1 Å². The molecule has 0 bridgehead atoms. The van der Waals surface area contributed by atoms with Crippen LogP contribution in [0.5, 0.6) is 0 Å². The van der Waals surface area contributed by atoms with Crippen LogP contribution in [0, 0.1) is 6.92 Å². The molecule has 1 rings (SSSR count). The maximum Gasteiger partial charge on any atom is 0.144 e. The van der Waals surface area contributed by atoms with Gasteiger partial charge in [-0.3, -0.25) is 0 Å². The zero-order chi connectivity index (χ0) is 11.3. The predicted molar refractivity (Wildman–Crippen MR) is 70.5 cm³/mol. The van der Waals surface area contributed by atoms with E-state index in [0.717, 1.165) is 33.3 Å². The van der Waals surface area contributed by atoms with E-state index in [-0.39, 0.29) is 0 Å². The monoisotopic (exact) mass is 289 g/mol. The zero-order valence-electron chi connectivity index (χ0n) is 9.30. The summed E-state index contributed by atoms with van der Waals surface area (Å²) in [6, 6.07) is 0. The number of aromatic nitrogens is 2. The first-order valence-electron chi connectivity index (χ1n) is 4.97. The first-order chi connectivity index (χ1) is 7.19. The van der Waals surface area contributed by atoms with Crippen molar-refractivity contribution in [1.29, 1.82) is 0 Å². The van der Waals surface area contributed by atoms with Gasteiger partial charge in [0.15, 0.2) is 0 Å². The van der Waals surface area contributed by atoms with Gasteiger partial charge in [-0.2, -0.15) is 11.8 Å². The second kappa shape index (κ2) is 6.33. The Kier molecular flexibility index (Phi) is 5.39. The van der Waals surface area contributed by atoms with Crippen molar-refractivity contribution in [2.45, 2.75) is 26.0 Å². The molecule has 0 unspecified atom stereocenters. The molecule has 0 aliphatic carbocycles. The van der Waals surface area contributed by atoms with Gasteiger partial charge in [0.05, 0.1) is 15.9 Å². The standard InChI is InChI=1S/C10H16BrN3S/c1-4-5-15-6-8-13-7(2)9(11)10(12-3)14-8/h4-6H2,1-3H3,(H,12,13,14). The lowest BCUT2D eigenvalue weighted by Crippen LogP contribution is -2.02. The molecular formula is C10H16BrN3S. The van der Waals surface area contributed by atoms with E-state index in [9.17, 15) is 0 Å². The summed E-state index contributed by atoms with van der Waals surface area (Å²) in [4.78, 5) is 8.87. The fourth-order valence-corrected chi connectivity index (χ4v) is 2.28. The molecule has 0 saturated heterocycles. The lowest BCUT2D eigenvalue weighted by Gasteiger charge is -2.08. The largest absolute Gasteiger partial charge is 0.372 e. The van der Waals surface area contributed by atoms with Gasteiger partial charge in [-0.15, -0.1) is 0 Å². The van der Waals surface area contributed by atoms with Crippen LogP contribution in [0.2, 0.25) is 0 Å². The Morgan fingerprint density at radius 1 is 1.40 bits per heavy atom. The minimum Gasteiger partial charge on any atom is -0.372 e. The molecule has 15 heavy (non-hydrogen) atoms. The second-order valence-corrected chi connectivity index (χ2v) is 5.09. The van der Waals surface area contributed by atoms with Gasteiger partial charge in [0.1, 0.15) is 11.6 Å². The number of nitrogens with zero attached hydrogens (tertiary/aromatic N) is 2. The first kappa shape index (κ1) is 12.8. The average Bonchev–Trinajstić information content (AvgIpc) is 2.23. The minimum absolute atomic E-state index is 0.870. The van der Waals surface area contributed by atoms with Gasteiger partial charge in [0, 0.05) is 7.05 Å². The van der Waals surface area contributed by atoms with E-state index in [1.165, 1.54) is 6.42 Å². The second-order valence-electron chi connectivity index (χ2n) is 3.19. The van der Waals surface area contributed by atoms with Crippen LogP contribution in [-0.2, 0) is 5.75 Å². The van der Waals surface area contributed by atoms with E-state index >= 15 is 0 Å². The van der Waals surface area contributed by atoms with Crippen LogP contribution in [0.4, 0.5) is 5.82 Å². The van der Waals surface area contributed by atoms with Crippen LogP contribution in [0.25, 0.3) is 0 Å². The number of hydrogen-bond acceptors (Lipinski definition) is 4. The Balaban J connectivity index is 2.77. The fourth-order valence-electron chi connectivity index (χ4n) is 1.16. The van der Waals surface area contributed by atoms with Crippen LogP contribution in [0.15, 0.2) is 4.47 Å². The highest BCUT2D eigenvalue weighted by Crippen LogP contribution is 2.23. The van der Waals surface area contributed by atoms with Crippen LogP contribution in [-0.4, -0.2) is 22.8 Å². The third-order valence-electron chi connectivity index (χ3n) is 1.88. The predicted octanol–water partition coefficient (Wildman–Crippen LogP) is 3.23. The molecule has 0 aliphatic heterocycles. The molecular weight excluding hydrogens is 274 g/mol. The normalized spacial score (nSPS) is 10.4. The molecule has 0 amide bonds. The third kappa shape index (κ3) is 3.65. The highest BCUT2D eigenvalue weighted by molar-refractivity contribution is 9.10. The van der Waals surface area contributed by atoms with Gasteiger partial charge in [-0.1, -0.05) is 6.92 Å². The van der Waals surface area contributed by atoms with Crippen molar-refractivity contribution in [2.24, 2.45) is 0 Å². The van der Waals surface area contributed by atoms with Crippen molar-refractivity contribution in [1.82, 2.24) is 9.97 Å². The van der Waals surface area contributed by atoms with E-state index < -0.39 is 0 Å². The summed E-state index contributed by atoms with van der Waals surface area (Å²) in [6.45, 7) is 4.17. The van der Waals surface area contributed by atoms with E-state index in [1.54, 1.807) is 0 Å². The minimum atomic E-state index is 0.870. The molecule has 0 spiro atoms. The van der Waals surface area contributed by atoms with Gasteiger partial charge in [-0.25, -0.2) is 9.97 Å². The van der Waals surface area contributed by atoms with Gasteiger partial charge >= 0.3 is 0 Å². The molecule has 0 atom stereocenters. The quantitative estimate of drug-likeness (QED) is 0.845. The molecule has 5 heteroatoms. The zero-order valence-corrected chi connectivity index (χ0v) is 11.7. The summed E-state index contributed by atoms with van der Waals surface area (Å²) in [7, 11) is 1.87. The molecule has 1 N–H and O–H groups in total. The summed E-state index contributed by atoms with van der Waals surface area (Å²) in [5, 5.41) is 3.06. The Labute approximate surface area is 104 Å². The van der Waals surface area contributed by atoms with Crippen LogP contribution in [0.3, 0.4) is 0 Å². The molecule has 0 saturated carbocycles. The Bertz CT molecular complexity index is 331. The molecule has 1 aromatic heterocycles. The maximum atomic E-state index is 4.43. The molecule has 0 aliphatic rings. The topological polar surface area (TPSA) is 37.8 Å². The SMILES string of the molecule is CCCSCc1nc(C)c(Br)c(NC)n1. The molecule has 0 radical (unpaired) electrons. The Morgan fingerprint density at radius 2 is 2.13 bits per heavy atom. The summed E-state index contributed by atoms with van der Waals surface area (Å²) < 4.78 is 0.953. The number of nitrogens with one attached hydrogen (secondary N) is 1. The molecule has 0 fully saturated rings. The molecule has 84 valence electrons. The third-order valence-corrected chi connectivity index (χ3v) is 3.99. The van der Waals surface area contributed by atoms with Crippen LogP contribution < -0.4 is 5.32 Å². The average molecular weight is 290 g/mol. The first-order valence-corrected chi connectivity index (χ1v) is 6.92. The summed E-state index contributed by atoms with van der Waals surface area (Å²) in [5.41, 5.74) is 0.987. The van der Waals surface area contributed by atoms with Crippen LogP contribution in [0.1, 0.15) is 24.9 Å². The fraction of sp³-hybridized carbons (Fsp3) is 0.600. The number of aryl methyl sites for hydroxylation is 1. The number of hydrogen-bond donors (Lipinski definition) is 1. The summed E-state index contributed by atoms with van der Waals surface area (Å²) in [6.07, 6.45) is 1.19. The van der Waals surface area contributed by atoms with Crippen LogP contribution >= 0.6 is 27.7 Å². The van der Waals surface area contributed by atoms with Crippen molar-refractivity contribution >= 4 is 33.5 Å². The summed E-state index contributed by atoms with van der Waals surface area (Å²) in [5.74, 6) is 3.82. The van der Waals surface area contributed by atoms with Crippen molar-refractivity contribution in [3.05, 3.63) is 16.0 Å². The van der Waals surface area contributed by atoms with E-state index in [1.807, 2.05) is 25.7 Å². The maximum absolute atomic E-state index is 4.43. The van der Waals surface area contributed by atoms with Crippen molar-refractivity contribution in [2.75, 3.05) is 18.1 Å². The van der Waals surface area contributed by atoms with Crippen molar-refractivity contribution in [3.63, 3.8) is 0 Å². The van der Waals surface area contributed by atoms with E-state index in [0.29, 0.717) is 0 Å². The number of thioether (sulfide) groups is 1. The molecule has 3 nitrogen and oxygen atoms in total. The van der Waals surface area contributed by atoms with Crippen molar-refractivity contribution < 1.29 is 0 Å². The molecule has 1 aromatic rings. The number of halogens is 1. The smallest absolute Gasteiger partial charge is 0.144 e. The Hall–Kier alpha value is -0.290. The van der Waals surface area contributed by atoms with Crippen molar-refractivity contribution in [3.8, 4) is 0 Å². The lowest BCUT2D eigenvalue weighted by molar-refractivity contribution is 0.983. The van der Waals surface area contributed by atoms with Gasteiger partial charge in [0.25, 0.3) is 0 Å². The lowest BCUT2D eigenvalue weighted by atomic mass is 10.4. The van der Waals surface area contributed by atoms with Gasteiger partial charge < -0.3 is 5.32 Å². The van der Waals surface area contributed by atoms with Gasteiger partial charge in [-0.05, 0) is 35.0 Å². The highest BCUT2D eigenvalue weighted by atomic mass is 79.9. The number of anilines is 1. The molecule has 1 heterocycles.